The van der Waals surface area contributed by atoms with Gasteiger partial charge in [-0.1, -0.05) is 24.3 Å². The number of ether oxygens (including phenoxy) is 1. The molecule has 3 rings (SSSR count). The molecule has 10 heteroatoms. The van der Waals surface area contributed by atoms with Gasteiger partial charge in [0.15, 0.2) is 0 Å². The Hall–Kier alpha value is -3.50. The summed E-state index contributed by atoms with van der Waals surface area (Å²) in [6, 6.07) is 17.1. The number of nitrogens with two attached hydrogens (primary N) is 1. The molecule has 0 fully saturated rings. The monoisotopic (exact) mass is 414 g/mol. The molecule has 0 saturated carbocycles. The summed E-state index contributed by atoms with van der Waals surface area (Å²) in [5, 5.41) is 11.7. The Labute approximate surface area is 166 Å². The zero-order valence-corrected chi connectivity index (χ0v) is 16.0. The van der Waals surface area contributed by atoms with E-state index in [4.69, 9.17) is 9.88 Å². The SMILES string of the molecule is NS(=O)(=O)c1cccc(NC(=O)c2ccc(=O)n(CCOc3ccccc3)n2)c1. The number of anilines is 1. The number of primary sulfonamides is 1. The molecule has 0 atom stereocenters. The molecule has 0 aliphatic heterocycles. The van der Waals surface area contributed by atoms with Gasteiger partial charge in [0, 0.05) is 11.8 Å². The molecule has 3 N–H and O–H groups in total. The summed E-state index contributed by atoms with van der Waals surface area (Å²) < 4.78 is 29.5. The number of carbonyl (C=O) groups excluding carboxylic acids is 1. The fraction of sp³-hybridized carbons (Fsp3) is 0.105. The van der Waals surface area contributed by atoms with Crippen LogP contribution in [0, 0.1) is 0 Å². The zero-order valence-electron chi connectivity index (χ0n) is 15.2. The van der Waals surface area contributed by atoms with Gasteiger partial charge in [-0.3, -0.25) is 9.59 Å². The van der Waals surface area contributed by atoms with E-state index in [0.29, 0.717) is 5.75 Å². The second kappa shape index (κ2) is 8.67. The lowest BCUT2D eigenvalue weighted by atomic mass is 10.3. The number of nitrogens with zero attached hydrogens (tertiary/aromatic N) is 2. The van der Waals surface area contributed by atoms with Crippen LogP contribution in [-0.4, -0.2) is 30.7 Å². The largest absolute Gasteiger partial charge is 0.492 e. The summed E-state index contributed by atoms with van der Waals surface area (Å²) in [5.41, 5.74) is -0.159. The maximum atomic E-state index is 12.4. The maximum absolute atomic E-state index is 12.4. The van der Waals surface area contributed by atoms with Crippen LogP contribution in [0.25, 0.3) is 0 Å². The summed E-state index contributed by atoms with van der Waals surface area (Å²) in [6.07, 6.45) is 0. The number of aromatic nitrogens is 2. The van der Waals surface area contributed by atoms with Crippen LogP contribution < -0.4 is 20.8 Å². The first kappa shape index (κ1) is 20.2. The summed E-state index contributed by atoms with van der Waals surface area (Å²) >= 11 is 0. The molecule has 0 radical (unpaired) electrons. The molecule has 0 aliphatic rings. The van der Waals surface area contributed by atoms with E-state index in [1.165, 1.54) is 36.4 Å². The van der Waals surface area contributed by atoms with E-state index in [0.717, 1.165) is 4.68 Å². The van der Waals surface area contributed by atoms with Crippen LogP contribution >= 0.6 is 0 Å². The number of amides is 1. The first-order valence-corrected chi connectivity index (χ1v) is 10.1. The van der Waals surface area contributed by atoms with Crippen LogP contribution in [0.1, 0.15) is 10.5 Å². The number of sulfonamides is 1. The van der Waals surface area contributed by atoms with Gasteiger partial charge in [0.05, 0.1) is 11.4 Å². The number of rotatable bonds is 7. The maximum Gasteiger partial charge on any atom is 0.276 e. The van der Waals surface area contributed by atoms with Crippen molar-refractivity contribution in [2.24, 2.45) is 5.14 Å². The van der Waals surface area contributed by atoms with E-state index in [9.17, 15) is 18.0 Å². The molecule has 1 heterocycles. The minimum Gasteiger partial charge on any atom is -0.492 e. The lowest BCUT2D eigenvalue weighted by molar-refractivity contribution is 0.101. The lowest BCUT2D eigenvalue weighted by Gasteiger charge is -2.09. The number of hydrogen-bond acceptors (Lipinski definition) is 6. The first-order chi connectivity index (χ1) is 13.8. The van der Waals surface area contributed by atoms with Crippen molar-refractivity contribution in [3.05, 3.63) is 82.8 Å². The van der Waals surface area contributed by atoms with Crippen LogP contribution in [-0.2, 0) is 16.6 Å². The Morgan fingerprint density at radius 3 is 2.55 bits per heavy atom. The predicted octanol–water partition coefficient (Wildman–Crippen LogP) is 1.22. The zero-order chi connectivity index (χ0) is 20.9. The van der Waals surface area contributed by atoms with Gasteiger partial charge < -0.3 is 10.1 Å². The number of benzene rings is 2. The third-order valence-corrected chi connectivity index (χ3v) is 4.75. The molecule has 1 amide bonds. The number of hydrogen-bond donors (Lipinski definition) is 2. The molecule has 1 aromatic heterocycles. The Kier molecular flexibility index (Phi) is 6.05. The molecule has 0 saturated heterocycles. The molecule has 0 aliphatic carbocycles. The Bertz CT molecular complexity index is 1180. The van der Waals surface area contributed by atoms with Crippen LogP contribution in [0.3, 0.4) is 0 Å². The van der Waals surface area contributed by atoms with Crippen molar-refractivity contribution in [1.82, 2.24) is 9.78 Å². The van der Waals surface area contributed by atoms with Crippen LogP contribution in [0.2, 0.25) is 0 Å². The summed E-state index contributed by atoms with van der Waals surface area (Å²) in [4.78, 5) is 24.3. The predicted molar refractivity (Wildman–Crippen MR) is 106 cm³/mol. The second-order valence-electron chi connectivity index (χ2n) is 5.97. The molecular formula is C19H18N4O5S. The van der Waals surface area contributed by atoms with Crippen molar-refractivity contribution in [2.75, 3.05) is 11.9 Å². The van der Waals surface area contributed by atoms with Gasteiger partial charge in [-0.2, -0.15) is 5.10 Å². The number of nitrogens with one attached hydrogen (secondary N) is 1. The molecule has 150 valence electrons. The van der Waals surface area contributed by atoms with Crippen LogP contribution in [0.15, 0.2) is 76.4 Å². The standard InChI is InChI=1S/C19H18N4O5S/c20-29(26,27)16-8-4-5-14(13-16)21-19(25)17-9-10-18(24)23(22-17)11-12-28-15-6-2-1-3-7-15/h1-10,13H,11-12H2,(H,21,25)(H2,20,26,27). The fourth-order valence-corrected chi connectivity index (χ4v) is 3.00. The topological polar surface area (TPSA) is 133 Å². The van der Waals surface area contributed by atoms with Crippen molar-refractivity contribution in [1.29, 1.82) is 0 Å². The number of carbonyl (C=O) groups is 1. The van der Waals surface area contributed by atoms with E-state index in [-0.39, 0.29) is 35.0 Å². The van der Waals surface area contributed by atoms with Crippen molar-refractivity contribution in [3.8, 4) is 5.75 Å². The van der Waals surface area contributed by atoms with Gasteiger partial charge in [-0.05, 0) is 36.4 Å². The smallest absolute Gasteiger partial charge is 0.276 e. The normalized spacial score (nSPS) is 11.1. The van der Waals surface area contributed by atoms with Crippen molar-refractivity contribution in [2.45, 2.75) is 11.4 Å². The highest BCUT2D eigenvalue weighted by atomic mass is 32.2. The number of para-hydroxylation sites is 1. The second-order valence-corrected chi connectivity index (χ2v) is 7.53. The van der Waals surface area contributed by atoms with E-state index in [2.05, 4.69) is 10.4 Å². The highest BCUT2D eigenvalue weighted by Gasteiger charge is 2.13. The van der Waals surface area contributed by atoms with Crippen LogP contribution in [0.5, 0.6) is 5.75 Å². The molecule has 2 aromatic carbocycles. The molecule has 0 unspecified atom stereocenters. The van der Waals surface area contributed by atoms with Crippen molar-refractivity contribution < 1.29 is 17.9 Å². The fourth-order valence-electron chi connectivity index (χ4n) is 2.44. The minimum atomic E-state index is -3.90. The Balaban J connectivity index is 1.70. The molecular weight excluding hydrogens is 396 g/mol. The van der Waals surface area contributed by atoms with Gasteiger partial charge >= 0.3 is 0 Å². The van der Waals surface area contributed by atoms with Crippen molar-refractivity contribution in [3.63, 3.8) is 0 Å². The van der Waals surface area contributed by atoms with E-state index < -0.39 is 15.9 Å². The van der Waals surface area contributed by atoms with E-state index >= 15 is 0 Å². The van der Waals surface area contributed by atoms with Crippen LogP contribution in [0.4, 0.5) is 5.69 Å². The Morgan fingerprint density at radius 1 is 1.07 bits per heavy atom. The molecule has 0 bridgehead atoms. The molecule has 9 nitrogen and oxygen atoms in total. The van der Waals surface area contributed by atoms with Gasteiger partial charge in [0.2, 0.25) is 10.0 Å². The first-order valence-electron chi connectivity index (χ1n) is 8.53. The van der Waals surface area contributed by atoms with Gasteiger partial charge in [-0.15, -0.1) is 0 Å². The van der Waals surface area contributed by atoms with Gasteiger partial charge in [-0.25, -0.2) is 18.2 Å². The molecule has 29 heavy (non-hydrogen) atoms. The highest BCUT2D eigenvalue weighted by Crippen LogP contribution is 2.14. The van der Waals surface area contributed by atoms with E-state index in [1.807, 2.05) is 18.2 Å². The van der Waals surface area contributed by atoms with Gasteiger partial charge in [0.25, 0.3) is 11.5 Å². The highest BCUT2D eigenvalue weighted by molar-refractivity contribution is 7.89. The summed E-state index contributed by atoms with van der Waals surface area (Å²) in [5.74, 6) is 0.0541. The summed E-state index contributed by atoms with van der Waals surface area (Å²) in [7, 11) is -3.90. The Morgan fingerprint density at radius 2 is 1.83 bits per heavy atom. The third-order valence-electron chi connectivity index (χ3n) is 3.83. The van der Waals surface area contributed by atoms with Gasteiger partial charge in [0.1, 0.15) is 18.1 Å². The average molecular weight is 414 g/mol. The average Bonchev–Trinajstić information content (AvgIpc) is 2.70. The summed E-state index contributed by atoms with van der Waals surface area (Å²) in [6.45, 7) is 0.341. The lowest BCUT2D eigenvalue weighted by Crippen LogP contribution is -2.28. The quantitative estimate of drug-likeness (QED) is 0.597. The minimum absolute atomic E-state index is 0.00896. The molecule has 3 aromatic rings. The molecule has 0 spiro atoms. The van der Waals surface area contributed by atoms with Crippen molar-refractivity contribution >= 4 is 21.6 Å². The van der Waals surface area contributed by atoms with E-state index in [1.54, 1.807) is 12.1 Å². The third kappa shape index (κ3) is 5.50.